The lowest BCUT2D eigenvalue weighted by molar-refractivity contribution is 0.427. The quantitative estimate of drug-likeness (QED) is 0.709. The number of allylic oxidation sites excluding steroid dienone is 2. The molecule has 0 aromatic heterocycles. The summed E-state index contributed by atoms with van der Waals surface area (Å²) in [6, 6.07) is 6.97. The maximum absolute atomic E-state index is 9.08. The molecule has 1 N–H and O–H groups in total. The molecule has 0 radical (unpaired) electrons. The van der Waals surface area contributed by atoms with Gasteiger partial charge < -0.3 is 9.84 Å². The van der Waals surface area contributed by atoms with Crippen LogP contribution in [0.3, 0.4) is 0 Å². The molecule has 1 aliphatic rings. The Kier molecular flexibility index (Phi) is 2.04. The molecule has 0 saturated heterocycles. The molecule has 0 atom stereocenters. The number of hydrogen-bond donors (Lipinski definition) is 1. The fourth-order valence-electron chi connectivity index (χ4n) is 1.21. The van der Waals surface area contributed by atoms with E-state index in [2.05, 4.69) is 0 Å². The van der Waals surface area contributed by atoms with Crippen molar-refractivity contribution in [2.45, 2.75) is 6.42 Å². The molecular weight excluding hydrogens is 164 g/mol. The minimum atomic E-state index is 0.274. The highest BCUT2D eigenvalue weighted by atomic mass is 16.5. The van der Waals surface area contributed by atoms with E-state index in [0.717, 1.165) is 17.7 Å². The molecule has 13 heavy (non-hydrogen) atoms. The van der Waals surface area contributed by atoms with Crippen molar-refractivity contribution in [1.29, 1.82) is 0 Å². The van der Waals surface area contributed by atoms with Gasteiger partial charge in [0.05, 0.1) is 6.26 Å². The molecule has 0 aliphatic carbocycles. The minimum absolute atomic E-state index is 0.274. The van der Waals surface area contributed by atoms with Crippen LogP contribution in [0.2, 0.25) is 0 Å². The van der Waals surface area contributed by atoms with E-state index in [1.54, 1.807) is 18.4 Å². The molecule has 0 spiro atoms. The number of phenolic OH excluding ortho intramolecular Hbond substituents is 1. The predicted octanol–water partition coefficient (Wildman–Crippen LogP) is 2.67. The van der Waals surface area contributed by atoms with Crippen molar-refractivity contribution < 1.29 is 9.84 Å². The van der Waals surface area contributed by atoms with Gasteiger partial charge in [0.15, 0.2) is 0 Å². The summed E-state index contributed by atoms with van der Waals surface area (Å²) in [6.45, 7) is 0. The van der Waals surface area contributed by atoms with E-state index in [-0.39, 0.29) is 5.75 Å². The summed E-state index contributed by atoms with van der Waals surface area (Å²) >= 11 is 0. The second-order valence-corrected chi connectivity index (χ2v) is 2.84. The molecule has 0 unspecified atom stereocenters. The van der Waals surface area contributed by atoms with Crippen LogP contribution in [0.5, 0.6) is 5.75 Å². The zero-order chi connectivity index (χ0) is 9.10. The van der Waals surface area contributed by atoms with E-state index in [0.29, 0.717) is 0 Å². The second kappa shape index (κ2) is 3.35. The number of rotatable bonds is 1. The molecular formula is C11H10O2. The van der Waals surface area contributed by atoms with E-state index < -0.39 is 0 Å². The van der Waals surface area contributed by atoms with E-state index in [1.165, 1.54) is 0 Å². The first-order valence-electron chi connectivity index (χ1n) is 4.17. The van der Waals surface area contributed by atoms with Crippen LogP contribution in [0, 0.1) is 0 Å². The maximum Gasteiger partial charge on any atom is 0.130 e. The first kappa shape index (κ1) is 7.92. The highest BCUT2D eigenvalue weighted by Crippen LogP contribution is 2.21. The maximum atomic E-state index is 9.08. The smallest absolute Gasteiger partial charge is 0.130 e. The molecule has 1 aliphatic heterocycles. The normalized spacial score (nSPS) is 14.9. The number of ether oxygens (including phenoxy) is 1. The summed E-state index contributed by atoms with van der Waals surface area (Å²) in [5.74, 6) is 1.12. The van der Waals surface area contributed by atoms with Crippen molar-refractivity contribution in [3.05, 3.63) is 48.2 Å². The van der Waals surface area contributed by atoms with E-state index in [1.807, 2.05) is 24.3 Å². The van der Waals surface area contributed by atoms with Crippen molar-refractivity contribution in [2.75, 3.05) is 0 Å². The van der Waals surface area contributed by atoms with Crippen molar-refractivity contribution in [1.82, 2.24) is 0 Å². The average Bonchev–Trinajstić information content (AvgIpc) is 2.20. The van der Waals surface area contributed by atoms with Crippen LogP contribution in [-0.4, -0.2) is 5.11 Å². The van der Waals surface area contributed by atoms with Crippen LogP contribution >= 0.6 is 0 Å². The topological polar surface area (TPSA) is 29.5 Å². The Labute approximate surface area is 76.8 Å². The lowest BCUT2D eigenvalue weighted by Gasteiger charge is -2.09. The lowest BCUT2D eigenvalue weighted by atomic mass is 10.1. The van der Waals surface area contributed by atoms with Crippen molar-refractivity contribution in [2.24, 2.45) is 0 Å². The molecule has 66 valence electrons. The number of phenols is 1. The zero-order valence-electron chi connectivity index (χ0n) is 7.10. The van der Waals surface area contributed by atoms with Crippen LogP contribution in [0.1, 0.15) is 12.0 Å². The molecule has 0 fully saturated rings. The third kappa shape index (κ3) is 1.72. The third-order valence-electron chi connectivity index (χ3n) is 1.88. The molecule has 2 rings (SSSR count). The molecule has 2 heteroatoms. The first-order valence-corrected chi connectivity index (χ1v) is 4.17. The summed E-state index contributed by atoms with van der Waals surface area (Å²) < 4.78 is 5.30. The summed E-state index contributed by atoms with van der Waals surface area (Å²) in [6.07, 6.45) is 6.54. The van der Waals surface area contributed by atoms with E-state index in [4.69, 9.17) is 9.84 Å². The third-order valence-corrected chi connectivity index (χ3v) is 1.88. The fourth-order valence-corrected chi connectivity index (χ4v) is 1.21. The van der Waals surface area contributed by atoms with Crippen molar-refractivity contribution >= 4 is 5.76 Å². The van der Waals surface area contributed by atoms with Gasteiger partial charge in [0, 0.05) is 5.56 Å². The molecule has 1 aromatic carbocycles. The highest BCUT2D eigenvalue weighted by molar-refractivity contribution is 5.61. The Bertz CT molecular complexity index is 347. The number of benzene rings is 1. The minimum Gasteiger partial charge on any atom is -0.508 e. The Morgan fingerprint density at radius 1 is 1.15 bits per heavy atom. The largest absolute Gasteiger partial charge is 0.508 e. The van der Waals surface area contributed by atoms with Gasteiger partial charge >= 0.3 is 0 Å². The molecule has 0 amide bonds. The molecule has 0 bridgehead atoms. The fraction of sp³-hybridized carbons (Fsp3) is 0.0909. The van der Waals surface area contributed by atoms with Crippen molar-refractivity contribution in [3.63, 3.8) is 0 Å². The molecule has 0 saturated carbocycles. The molecule has 1 heterocycles. The summed E-state index contributed by atoms with van der Waals surface area (Å²) in [5, 5.41) is 9.08. The molecule has 1 aromatic rings. The van der Waals surface area contributed by atoms with Crippen LogP contribution < -0.4 is 0 Å². The SMILES string of the molecule is Oc1ccc(C2=CCC=CO2)cc1. The Hall–Kier alpha value is -1.70. The number of hydrogen-bond acceptors (Lipinski definition) is 2. The standard InChI is InChI=1S/C11H10O2/c12-10-6-4-9(5-7-10)11-3-1-2-8-13-11/h2-8,12H,1H2. The molecule has 2 nitrogen and oxygen atoms in total. The van der Waals surface area contributed by atoms with Gasteiger partial charge in [0.25, 0.3) is 0 Å². The van der Waals surface area contributed by atoms with Gasteiger partial charge in [0.1, 0.15) is 11.5 Å². The van der Waals surface area contributed by atoms with Crippen LogP contribution in [0.25, 0.3) is 5.76 Å². The second-order valence-electron chi connectivity index (χ2n) is 2.84. The van der Waals surface area contributed by atoms with Gasteiger partial charge in [0.2, 0.25) is 0 Å². The van der Waals surface area contributed by atoms with Gasteiger partial charge in [-0.3, -0.25) is 0 Å². The summed E-state index contributed by atoms with van der Waals surface area (Å²) in [5.41, 5.74) is 0.988. The Morgan fingerprint density at radius 2 is 1.92 bits per heavy atom. The van der Waals surface area contributed by atoms with Crippen LogP contribution in [-0.2, 0) is 4.74 Å². The van der Waals surface area contributed by atoms with Gasteiger partial charge in [-0.2, -0.15) is 0 Å². The first-order chi connectivity index (χ1) is 6.36. The van der Waals surface area contributed by atoms with Gasteiger partial charge in [-0.1, -0.05) is 0 Å². The van der Waals surface area contributed by atoms with E-state index >= 15 is 0 Å². The predicted molar refractivity (Wildman–Crippen MR) is 50.9 cm³/mol. The Morgan fingerprint density at radius 3 is 2.54 bits per heavy atom. The van der Waals surface area contributed by atoms with Crippen molar-refractivity contribution in [3.8, 4) is 5.75 Å². The average molecular weight is 174 g/mol. The Balaban J connectivity index is 2.25. The van der Waals surface area contributed by atoms with Gasteiger partial charge in [-0.05, 0) is 42.8 Å². The van der Waals surface area contributed by atoms with Gasteiger partial charge in [-0.25, -0.2) is 0 Å². The summed E-state index contributed by atoms with van der Waals surface area (Å²) in [4.78, 5) is 0. The summed E-state index contributed by atoms with van der Waals surface area (Å²) in [7, 11) is 0. The van der Waals surface area contributed by atoms with Gasteiger partial charge in [-0.15, -0.1) is 0 Å². The number of aromatic hydroxyl groups is 1. The zero-order valence-corrected chi connectivity index (χ0v) is 7.10. The highest BCUT2D eigenvalue weighted by Gasteiger charge is 2.03. The van der Waals surface area contributed by atoms with E-state index in [9.17, 15) is 0 Å². The van der Waals surface area contributed by atoms with Crippen LogP contribution in [0.4, 0.5) is 0 Å². The monoisotopic (exact) mass is 174 g/mol. The van der Waals surface area contributed by atoms with Crippen LogP contribution in [0.15, 0.2) is 42.7 Å². The lowest BCUT2D eigenvalue weighted by Crippen LogP contribution is -1.89.